The first-order valence-corrected chi connectivity index (χ1v) is 4.23. The Labute approximate surface area is 84.2 Å². The van der Waals surface area contributed by atoms with Gasteiger partial charge in [0.15, 0.2) is 0 Å². The second-order valence-corrected chi connectivity index (χ2v) is 3.16. The maximum atomic E-state index is 13.0. The van der Waals surface area contributed by atoms with Crippen molar-refractivity contribution in [2.45, 2.75) is 0 Å². The number of benzene rings is 1. The normalized spacial score (nSPS) is 10.4. The van der Waals surface area contributed by atoms with Crippen LogP contribution in [0.3, 0.4) is 0 Å². The van der Waals surface area contributed by atoms with Gasteiger partial charge in [0.05, 0.1) is 23.2 Å². The number of aromatic nitrogens is 2. The van der Waals surface area contributed by atoms with E-state index in [0.717, 1.165) is 6.07 Å². The standard InChI is InChI=1S/C9H6ClFN2O/c10-7-2-5(11)1-6(9(7)14)8-3-12-4-13-8/h1-4,14H,(H,12,13). The minimum atomic E-state index is -0.502. The van der Waals surface area contributed by atoms with Crippen LogP contribution in [0.4, 0.5) is 4.39 Å². The van der Waals surface area contributed by atoms with Crippen LogP contribution in [0.1, 0.15) is 0 Å². The van der Waals surface area contributed by atoms with E-state index in [1.165, 1.54) is 18.6 Å². The van der Waals surface area contributed by atoms with E-state index in [9.17, 15) is 9.50 Å². The van der Waals surface area contributed by atoms with E-state index in [1.807, 2.05) is 0 Å². The first kappa shape index (κ1) is 9.02. The molecule has 0 radical (unpaired) electrons. The average molecular weight is 213 g/mol. The number of halogens is 2. The van der Waals surface area contributed by atoms with Gasteiger partial charge in [-0.3, -0.25) is 0 Å². The first-order valence-electron chi connectivity index (χ1n) is 3.85. The molecular formula is C9H6ClFN2O. The Hall–Kier alpha value is -1.55. The SMILES string of the molecule is Oc1c(Cl)cc(F)cc1-c1cnc[nH]1. The second kappa shape index (κ2) is 3.31. The minimum absolute atomic E-state index is 0.0189. The van der Waals surface area contributed by atoms with Crippen LogP contribution in [0.15, 0.2) is 24.7 Å². The van der Waals surface area contributed by atoms with Crippen molar-refractivity contribution in [1.82, 2.24) is 9.97 Å². The summed E-state index contributed by atoms with van der Waals surface area (Å²) in [6.45, 7) is 0. The molecule has 1 aromatic carbocycles. The smallest absolute Gasteiger partial charge is 0.143 e. The van der Waals surface area contributed by atoms with Crippen LogP contribution in [0.2, 0.25) is 5.02 Å². The third kappa shape index (κ3) is 1.44. The van der Waals surface area contributed by atoms with Gasteiger partial charge in [-0.15, -0.1) is 0 Å². The summed E-state index contributed by atoms with van der Waals surface area (Å²) in [7, 11) is 0. The summed E-state index contributed by atoms with van der Waals surface area (Å²) in [5.41, 5.74) is 0.816. The molecule has 1 heterocycles. The number of rotatable bonds is 1. The Morgan fingerprint density at radius 3 is 2.86 bits per heavy atom. The molecule has 0 saturated heterocycles. The summed E-state index contributed by atoms with van der Waals surface area (Å²) in [4.78, 5) is 6.52. The number of nitrogens with zero attached hydrogens (tertiary/aromatic N) is 1. The van der Waals surface area contributed by atoms with Gasteiger partial charge in [0.2, 0.25) is 0 Å². The number of H-pyrrole nitrogens is 1. The van der Waals surface area contributed by atoms with Gasteiger partial charge in [0.1, 0.15) is 11.6 Å². The molecule has 2 aromatic rings. The van der Waals surface area contributed by atoms with Crippen molar-refractivity contribution in [3.05, 3.63) is 35.5 Å². The zero-order valence-corrected chi connectivity index (χ0v) is 7.72. The van der Waals surface area contributed by atoms with Crippen molar-refractivity contribution >= 4 is 11.6 Å². The minimum Gasteiger partial charge on any atom is -0.506 e. The van der Waals surface area contributed by atoms with E-state index in [2.05, 4.69) is 9.97 Å². The Morgan fingerprint density at radius 2 is 2.21 bits per heavy atom. The molecule has 2 N–H and O–H groups in total. The average Bonchev–Trinajstić information content (AvgIpc) is 2.63. The Balaban J connectivity index is 2.64. The Kier molecular flexibility index (Phi) is 2.13. The number of phenols is 1. The van der Waals surface area contributed by atoms with Crippen LogP contribution in [-0.4, -0.2) is 15.1 Å². The zero-order chi connectivity index (χ0) is 10.1. The molecule has 0 atom stereocenters. The topological polar surface area (TPSA) is 48.9 Å². The van der Waals surface area contributed by atoms with Gasteiger partial charge in [0, 0.05) is 5.56 Å². The van der Waals surface area contributed by atoms with E-state index in [0.29, 0.717) is 11.3 Å². The molecule has 0 fully saturated rings. The summed E-state index contributed by atoms with van der Waals surface area (Å²) in [6.07, 6.45) is 2.92. The lowest BCUT2D eigenvalue weighted by molar-refractivity contribution is 0.475. The quantitative estimate of drug-likeness (QED) is 0.763. The Bertz CT molecular complexity index is 456. The summed E-state index contributed by atoms with van der Waals surface area (Å²) in [5.74, 6) is -0.658. The van der Waals surface area contributed by atoms with Gasteiger partial charge < -0.3 is 10.1 Å². The molecule has 0 spiro atoms. The van der Waals surface area contributed by atoms with Crippen molar-refractivity contribution in [1.29, 1.82) is 0 Å². The fourth-order valence-corrected chi connectivity index (χ4v) is 1.38. The van der Waals surface area contributed by atoms with E-state index < -0.39 is 5.82 Å². The second-order valence-electron chi connectivity index (χ2n) is 2.75. The number of nitrogens with one attached hydrogen (secondary N) is 1. The van der Waals surface area contributed by atoms with Gasteiger partial charge in [0.25, 0.3) is 0 Å². The molecule has 0 aliphatic carbocycles. The molecule has 5 heteroatoms. The highest BCUT2D eigenvalue weighted by Gasteiger charge is 2.11. The van der Waals surface area contributed by atoms with E-state index in [1.54, 1.807) is 0 Å². The van der Waals surface area contributed by atoms with Crippen molar-refractivity contribution in [3.8, 4) is 17.0 Å². The third-order valence-electron chi connectivity index (χ3n) is 1.82. The summed E-state index contributed by atoms with van der Waals surface area (Å²) in [5, 5.41) is 9.53. The molecule has 1 aromatic heterocycles. The van der Waals surface area contributed by atoms with E-state index in [4.69, 9.17) is 11.6 Å². The molecule has 0 bridgehead atoms. The van der Waals surface area contributed by atoms with Gasteiger partial charge >= 0.3 is 0 Å². The predicted molar refractivity (Wildman–Crippen MR) is 50.7 cm³/mol. The largest absolute Gasteiger partial charge is 0.506 e. The van der Waals surface area contributed by atoms with Crippen LogP contribution < -0.4 is 0 Å². The monoisotopic (exact) mass is 212 g/mol. The lowest BCUT2D eigenvalue weighted by atomic mass is 10.1. The Morgan fingerprint density at radius 1 is 1.43 bits per heavy atom. The number of aromatic amines is 1. The van der Waals surface area contributed by atoms with Gasteiger partial charge in [-0.2, -0.15) is 0 Å². The lowest BCUT2D eigenvalue weighted by Crippen LogP contribution is -1.83. The van der Waals surface area contributed by atoms with Crippen LogP contribution in [0.25, 0.3) is 11.3 Å². The molecule has 0 unspecified atom stereocenters. The zero-order valence-electron chi connectivity index (χ0n) is 6.96. The predicted octanol–water partition coefficient (Wildman–Crippen LogP) is 2.57. The van der Waals surface area contributed by atoms with Crippen LogP contribution in [0.5, 0.6) is 5.75 Å². The van der Waals surface area contributed by atoms with Crippen molar-refractivity contribution in [3.63, 3.8) is 0 Å². The van der Waals surface area contributed by atoms with Crippen molar-refractivity contribution in [2.75, 3.05) is 0 Å². The molecule has 0 aliphatic rings. The van der Waals surface area contributed by atoms with Crippen molar-refractivity contribution in [2.24, 2.45) is 0 Å². The number of hydrogen-bond donors (Lipinski definition) is 2. The van der Waals surface area contributed by atoms with Crippen LogP contribution >= 0.6 is 11.6 Å². The van der Waals surface area contributed by atoms with Gasteiger partial charge in [-0.05, 0) is 12.1 Å². The maximum Gasteiger partial charge on any atom is 0.143 e. The fraction of sp³-hybridized carbons (Fsp3) is 0. The molecule has 72 valence electrons. The van der Waals surface area contributed by atoms with Crippen LogP contribution in [0, 0.1) is 5.82 Å². The number of hydrogen-bond acceptors (Lipinski definition) is 2. The molecule has 2 rings (SSSR count). The molecular weight excluding hydrogens is 207 g/mol. The number of imidazole rings is 1. The highest BCUT2D eigenvalue weighted by Crippen LogP contribution is 2.34. The van der Waals surface area contributed by atoms with Gasteiger partial charge in [-0.1, -0.05) is 11.6 Å². The van der Waals surface area contributed by atoms with E-state index >= 15 is 0 Å². The number of phenolic OH excluding ortho intramolecular Hbond substituents is 1. The van der Waals surface area contributed by atoms with Crippen LogP contribution in [-0.2, 0) is 0 Å². The lowest BCUT2D eigenvalue weighted by Gasteiger charge is -2.03. The maximum absolute atomic E-state index is 13.0. The molecule has 14 heavy (non-hydrogen) atoms. The highest BCUT2D eigenvalue weighted by atomic mass is 35.5. The third-order valence-corrected chi connectivity index (χ3v) is 2.10. The molecule has 0 amide bonds. The summed E-state index contributed by atoms with van der Waals surface area (Å²) >= 11 is 5.61. The summed E-state index contributed by atoms with van der Waals surface area (Å²) in [6, 6.07) is 2.24. The summed E-state index contributed by atoms with van der Waals surface area (Å²) < 4.78 is 13.0. The molecule has 3 nitrogen and oxygen atoms in total. The first-order chi connectivity index (χ1) is 6.68. The molecule has 0 aliphatic heterocycles. The van der Waals surface area contributed by atoms with Crippen molar-refractivity contribution < 1.29 is 9.50 Å². The van der Waals surface area contributed by atoms with E-state index in [-0.39, 0.29) is 10.8 Å². The molecule has 0 saturated carbocycles. The number of aromatic hydroxyl groups is 1. The highest BCUT2D eigenvalue weighted by molar-refractivity contribution is 6.32. The fourth-order valence-electron chi connectivity index (χ4n) is 1.17. The van der Waals surface area contributed by atoms with Gasteiger partial charge in [-0.25, -0.2) is 9.37 Å².